The molecule has 0 bridgehead atoms. The van der Waals surface area contributed by atoms with Crippen LogP contribution in [0, 0.1) is 17.0 Å². The number of rotatable bonds is 5. The smallest absolute Gasteiger partial charge is 0.254 e. The monoisotopic (exact) mass is 421 g/mol. The van der Waals surface area contributed by atoms with Gasteiger partial charge in [0.1, 0.15) is 11.6 Å². The Labute approximate surface area is 181 Å². The SMILES string of the molecule is O=C(c1ccccc1-c1ccc(F)cc1)N1CCCC(CO)(Cc2ccccc2F)C1. The molecule has 1 aliphatic heterocycles. The van der Waals surface area contributed by atoms with Crippen molar-refractivity contribution in [3.8, 4) is 11.1 Å². The molecule has 1 saturated heterocycles. The molecule has 1 N–H and O–H groups in total. The van der Waals surface area contributed by atoms with E-state index < -0.39 is 5.41 Å². The molecule has 0 aliphatic carbocycles. The fourth-order valence-electron chi connectivity index (χ4n) is 4.48. The van der Waals surface area contributed by atoms with Crippen LogP contribution in [-0.4, -0.2) is 35.6 Å². The van der Waals surface area contributed by atoms with Gasteiger partial charge in [-0.05, 0) is 60.2 Å². The summed E-state index contributed by atoms with van der Waals surface area (Å²) in [6.07, 6.45) is 1.83. The van der Waals surface area contributed by atoms with E-state index in [0.717, 1.165) is 24.0 Å². The quantitative estimate of drug-likeness (QED) is 0.624. The Morgan fingerprint density at radius 2 is 1.68 bits per heavy atom. The number of carbonyl (C=O) groups is 1. The van der Waals surface area contributed by atoms with Gasteiger partial charge in [0.05, 0.1) is 6.61 Å². The number of halogens is 2. The van der Waals surface area contributed by atoms with Crippen LogP contribution in [0.1, 0.15) is 28.8 Å². The fourth-order valence-corrected chi connectivity index (χ4v) is 4.48. The molecule has 1 aliphatic rings. The Morgan fingerprint density at radius 1 is 0.968 bits per heavy atom. The van der Waals surface area contributed by atoms with Gasteiger partial charge in [-0.1, -0.05) is 48.5 Å². The van der Waals surface area contributed by atoms with Crippen LogP contribution < -0.4 is 0 Å². The van der Waals surface area contributed by atoms with Gasteiger partial charge >= 0.3 is 0 Å². The van der Waals surface area contributed by atoms with Crippen molar-refractivity contribution in [3.63, 3.8) is 0 Å². The topological polar surface area (TPSA) is 40.5 Å². The van der Waals surface area contributed by atoms with E-state index >= 15 is 0 Å². The molecule has 3 nitrogen and oxygen atoms in total. The van der Waals surface area contributed by atoms with E-state index in [2.05, 4.69) is 0 Å². The van der Waals surface area contributed by atoms with Crippen molar-refractivity contribution < 1.29 is 18.7 Å². The number of hydrogen-bond acceptors (Lipinski definition) is 2. The van der Waals surface area contributed by atoms with Crippen LogP contribution in [0.3, 0.4) is 0 Å². The van der Waals surface area contributed by atoms with Crippen molar-refractivity contribution >= 4 is 5.91 Å². The highest BCUT2D eigenvalue weighted by Gasteiger charge is 2.38. The summed E-state index contributed by atoms with van der Waals surface area (Å²) in [6.45, 7) is 0.814. The second-order valence-electron chi connectivity index (χ2n) is 8.31. The first kappa shape index (κ1) is 21.2. The lowest BCUT2D eigenvalue weighted by Crippen LogP contribution is -2.49. The Morgan fingerprint density at radius 3 is 2.42 bits per heavy atom. The first-order valence-corrected chi connectivity index (χ1v) is 10.5. The molecule has 1 unspecified atom stereocenters. The molecule has 4 rings (SSSR count). The molecule has 31 heavy (non-hydrogen) atoms. The van der Waals surface area contributed by atoms with E-state index in [-0.39, 0.29) is 24.1 Å². The molecule has 1 atom stereocenters. The second-order valence-corrected chi connectivity index (χ2v) is 8.31. The van der Waals surface area contributed by atoms with Gasteiger partial charge < -0.3 is 10.0 Å². The molecule has 3 aromatic rings. The van der Waals surface area contributed by atoms with E-state index in [9.17, 15) is 18.7 Å². The van der Waals surface area contributed by atoms with Crippen LogP contribution in [-0.2, 0) is 6.42 Å². The molecular formula is C26H25F2NO2. The maximum Gasteiger partial charge on any atom is 0.254 e. The van der Waals surface area contributed by atoms with Gasteiger partial charge in [0.25, 0.3) is 5.91 Å². The van der Waals surface area contributed by atoms with Gasteiger partial charge in [-0.2, -0.15) is 0 Å². The maximum atomic E-state index is 14.3. The fraction of sp³-hybridized carbons (Fsp3) is 0.269. The summed E-state index contributed by atoms with van der Waals surface area (Å²) in [4.78, 5) is 15.2. The Hall–Kier alpha value is -3.05. The molecule has 1 fully saturated rings. The third-order valence-corrected chi connectivity index (χ3v) is 6.12. The van der Waals surface area contributed by atoms with Gasteiger partial charge in [-0.25, -0.2) is 8.78 Å². The summed E-state index contributed by atoms with van der Waals surface area (Å²) in [7, 11) is 0. The summed E-state index contributed by atoms with van der Waals surface area (Å²) < 4.78 is 27.6. The average molecular weight is 421 g/mol. The predicted molar refractivity (Wildman–Crippen MR) is 117 cm³/mol. The number of carbonyl (C=O) groups excluding carboxylic acids is 1. The molecule has 5 heteroatoms. The maximum absolute atomic E-state index is 14.3. The zero-order chi connectivity index (χ0) is 21.8. The highest BCUT2D eigenvalue weighted by molar-refractivity contribution is 6.01. The molecule has 160 valence electrons. The third kappa shape index (κ3) is 4.52. The van der Waals surface area contributed by atoms with Crippen LogP contribution in [0.2, 0.25) is 0 Å². The number of benzene rings is 3. The first-order chi connectivity index (χ1) is 15.0. The van der Waals surface area contributed by atoms with Crippen LogP contribution in [0.5, 0.6) is 0 Å². The second kappa shape index (κ2) is 8.98. The van der Waals surface area contributed by atoms with Crippen LogP contribution in [0.15, 0.2) is 72.8 Å². The van der Waals surface area contributed by atoms with Crippen molar-refractivity contribution in [1.29, 1.82) is 0 Å². The minimum atomic E-state index is -0.582. The minimum absolute atomic E-state index is 0.120. The van der Waals surface area contributed by atoms with E-state index in [1.807, 2.05) is 18.2 Å². The number of hydrogen-bond donors (Lipinski definition) is 1. The summed E-state index contributed by atoms with van der Waals surface area (Å²) in [5, 5.41) is 10.2. The van der Waals surface area contributed by atoms with Gasteiger partial charge in [-0.15, -0.1) is 0 Å². The molecule has 0 aromatic heterocycles. The highest BCUT2D eigenvalue weighted by atomic mass is 19.1. The summed E-state index contributed by atoms with van der Waals surface area (Å²) in [6, 6.07) is 19.9. The van der Waals surface area contributed by atoms with Gasteiger partial charge in [0.15, 0.2) is 0 Å². The van der Waals surface area contributed by atoms with E-state index in [1.165, 1.54) is 18.2 Å². The third-order valence-electron chi connectivity index (χ3n) is 6.12. The van der Waals surface area contributed by atoms with Crippen LogP contribution >= 0.6 is 0 Å². The first-order valence-electron chi connectivity index (χ1n) is 10.5. The number of likely N-dealkylation sites (tertiary alicyclic amines) is 1. The number of aliphatic hydroxyl groups is 1. The van der Waals surface area contributed by atoms with Gasteiger partial charge in [0, 0.05) is 24.1 Å². The summed E-state index contributed by atoms with van der Waals surface area (Å²) in [5.41, 5.74) is 2.01. The molecule has 1 heterocycles. The average Bonchev–Trinajstić information content (AvgIpc) is 2.81. The van der Waals surface area contributed by atoms with E-state index in [0.29, 0.717) is 30.6 Å². The number of aliphatic hydroxyl groups excluding tert-OH is 1. The molecule has 0 spiro atoms. The molecule has 3 aromatic carbocycles. The van der Waals surface area contributed by atoms with Crippen molar-refractivity contribution in [1.82, 2.24) is 4.90 Å². The van der Waals surface area contributed by atoms with E-state index in [1.54, 1.807) is 41.3 Å². The van der Waals surface area contributed by atoms with Crippen molar-refractivity contribution in [2.45, 2.75) is 19.3 Å². The largest absolute Gasteiger partial charge is 0.396 e. The lowest BCUT2D eigenvalue weighted by molar-refractivity contribution is 0.0268. The standard InChI is InChI=1S/C26H25F2NO2/c27-21-12-10-19(11-13-21)22-7-2-3-8-23(22)25(31)29-15-5-14-26(17-29,18-30)16-20-6-1-4-9-24(20)28/h1-4,6-13,30H,5,14-18H2. The lowest BCUT2D eigenvalue weighted by Gasteiger charge is -2.42. The van der Waals surface area contributed by atoms with Crippen molar-refractivity contribution in [2.75, 3.05) is 19.7 Å². The Bertz CT molecular complexity index is 1070. The summed E-state index contributed by atoms with van der Waals surface area (Å²) >= 11 is 0. The molecule has 0 radical (unpaired) electrons. The van der Waals surface area contributed by atoms with Gasteiger partial charge in [0.2, 0.25) is 0 Å². The van der Waals surface area contributed by atoms with Crippen LogP contribution in [0.25, 0.3) is 11.1 Å². The normalized spacial score (nSPS) is 18.7. The summed E-state index contributed by atoms with van der Waals surface area (Å²) in [5.74, 6) is -0.754. The number of piperidine rings is 1. The van der Waals surface area contributed by atoms with Crippen molar-refractivity contribution in [2.24, 2.45) is 5.41 Å². The zero-order valence-corrected chi connectivity index (χ0v) is 17.2. The minimum Gasteiger partial charge on any atom is -0.396 e. The number of nitrogens with zero attached hydrogens (tertiary/aromatic N) is 1. The van der Waals surface area contributed by atoms with Crippen molar-refractivity contribution in [3.05, 3.63) is 95.6 Å². The molecule has 1 amide bonds. The highest BCUT2D eigenvalue weighted by Crippen LogP contribution is 2.35. The molecule has 0 saturated carbocycles. The zero-order valence-electron chi connectivity index (χ0n) is 17.2. The Kier molecular flexibility index (Phi) is 6.14. The predicted octanol–water partition coefficient (Wildman–Crippen LogP) is 5.09. The van der Waals surface area contributed by atoms with Crippen LogP contribution in [0.4, 0.5) is 8.78 Å². The molecular weight excluding hydrogens is 396 g/mol. The number of amides is 1. The van der Waals surface area contributed by atoms with E-state index in [4.69, 9.17) is 0 Å². The Balaban J connectivity index is 1.61. The lowest BCUT2D eigenvalue weighted by atomic mass is 9.75. The van der Waals surface area contributed by atoms with Gasteiger partial charge in [-0.3, -0.25) is 4.79 Å².